The Labute approximate surface area is 115 Å². The Kier molecular flexibility index (Phi) is 4.21. The van der Waals surface area contributed by atoms with Crippen molar-refractivity contribution in [2.45, 2.75) is 6.92 Å². The quantitative estimate of drug-likeness (QED) is 0.625. The fourth-order valence-electron chi connectivity index (χ4n) is 1.48. The summed E-state index contributed by atoms with van der Waals surface area (Å²) in [4.78, 5) is 11.7. The van der Waals surface area contributed by atoms with Gasteiger partial charge in [-0.1, -0.05) is 18.2 Å². The fourth-order valence-corrected chi connectivity index (χ4v) is 2.29. The highest BCUT2D eigenvalue weighted by Crippen LogP contribution is 2.34. The van der Waals surface area contributed by atoms with Crippen molar-refractivity contribution in [2.24, 2.45) is 5.10 Å². The predicted octanol–water partition coefficient (Wildman–Crippen LogP) is 2.48. The zero-order valence-corrected chi connectivity index (χ0v) is 11.1. The molecule has 96 valence electrons. The average Bonchev–Trinajstić information content (AvgIpc) is 2.85. The molecule has 0 spiro atoms. The van der Waals surface area contributed by atoms with E-state index in [-0.39, 0.29) is 5.04 Å². The maximum Gasteiger partial charge on any atom is 0.365 e. The van der Waals surface area contributed by atoms with Crippen LogP contribution in [0.2, 0.25) is 0 Å². The van der Waals surface area contributed by atoms with E-state index in [4.69, 9.17) is 10.00 Å². The highest BCUT2D eigenvalue weighted by Gasteiger charge is 2.28. The van der Waals surface area contributed by atoms with Crippen LogP contribution >= 0.6 is 11.8 Å². The van der Waals surface area contributed by atoms with E-state index >= 15 is 0 Å². The lowest BCUT2D eigenvalue weighted by Crippen LogP contribution is -2.13. The number of rotatable bonds is 3. The maximum atomic E-state index is 11.7. The van der Waals surface area contributed by atoms with Gasteiger partial charge in [-0.15, -0.1) is 0 Å². The number of nitrogens with zero attached hydrogens (tertiary/aromatic N) is 3. The second-order valence-electron chi connectivity index (χ2n) is 3.49. The molecule has 0 aromatic heterocycles. The van der Waals surface area contributed by atoms with Crippen molar-refractivity contribution in [3.8, 4) is 6.07 Å². The van der Waals surface area contributed by atoms with Crippen molar-refractivity contribution in [2.75, 3.05) is 11.6 Å². The van der Waals surface area contributed by atoms with Crippen LogP contribution < -0.4 is 5.01 Å². The first kappa shape index (κ1) is 13.2. The Balaban J connectivity index is 2.31. The first-order valence-corrected chi connectivity index (χ1v) is 6.46. The van der Waals surface area contributed by atoms with Gasteiger partial charge in [-0.2, -0.15) is 10.4 Å². The number of para-hydroxylation sites is 1. The number of hydrogen-bond donors (Lipinski definition) is 0. The molecule has 1 aromatic rings. The maximum absolute atomic E-state index is 11.7. The van der Waals surface area contributed by atoms with Gasteiger partial charge in [0.1, 0.15) is 5.03 Å². The molecule has 0 saturated carbocycles. The smallest absolute Gasteiger partial charge is 0.365 e. The molecule has 1 aromatic carbocycles. The molecule has 0 radical (unpaired) electrons. The average molecular weight is 273 g/mol. The number of carbonyl (C=O) groups is 1. The van der Waals surface area contributed by atoms with Gasteiger partial charge in [0.25, 0.3) is 0 Å². The molecule has 1 aliphatic rings. The second kappa shape index (κ2) is 6.07. The van der Waals surface area contributed by atoms with E-state index in [0.717, 1.165) is 17.4 Å². The van der Waals surface area contributed by atoms with E-state index in [2.05, 4.69) is 5.10 Å². The molecule has 0 fully saturated rings. The standard InChI is InChI=1S/C13H11N3O2S/c1-2-18-13(17)12-15-16(11(19-12)8-9-14)10-6-4-3-5-7-10/h3-8H,2H2,1H3/b11-8+. The molecule has 0 bridgehead atoms. The van der Waals surface area contributed by atoms with Crippen molar-refractivity contribution < 1.29 is 9.53 Å². The molecule has 0 saturated heterocycles. The van der Waals surface area contributed by atoms with Crippen molar-refractivity contribution in [1.29, 1.82) is 5.26 Å². The van der Waals surface area contributed by atoms with Gasteiger partial charge >= 0.3 is 5.97 Å². The van der Waals surface area contributed by atoms with Crippen LogP contribution in [0.1, 0.15) is 6.92 Å². The van der Waals surface area contributed by atoms with Crippen molar-refractivity contribution in [3.05, 3.63) is 41.4 Å². The van der Waals surface area contributed by atoms with Crippen LogP contribution in [0.15, 0.2) is 46.5 Å². The molecular weight excluding hydrogens is 262 g/mol. The number of carbonyl (C=O) groups excluding carboxylic acids is 1. The largest absolute Gasteiger partial charge is 0.461 e. The molecule has 1 aliphatic heterocycles. The third-order valence-electron chi connectivity index (χ3n) is 2.24. The molecule has 5 nitrogen and oxygen atoms in total. The number of anilines is 1. The van der Waals surface area contributed by atoms with E-state index in [1.54, 1.807) is 11.9 Å². The molecule has 0 N–H and O–H groups in total. The number of esters is 1. The number of allylic oxidation sites excluding steroid dienone is 1. The summed E-state index contributed by atoms with van der Waals surface area (Å²) in [5.41, 5.74) is 0.788. The van der Waals surface area contributed by atoms with Crippen LogP contribution in [0.4, 0.5) is 5.69 Å². The van der Waals surface area contributed by atoms with Crippen LogP contribution in [0.5, 0.6) is 0 Å². The summed E-state index contributed by atoms with van der Waals surface area (Å²) < 4.78 is 4.91. The summed E-state index contributed by atoms with van der Waals surface area (Å²) in [5, 5.41) is 15.3. The lowest BCUT2D eigenvalue weighted by Gasteiger charge is -2.13. The summed E-state index contributed by atoms with van der Waals surface area (Å²) in [6, 6.07) is 11.3. The Morgan fingerprint density at radius 1 is 1.53 bits per heavy atom. The number of benzene rings is 1. The molecular formula is C13H11N3O2S. The zero-order chi connectivity index (χ0) is 13.7. The third-order valence-corrected chi connectivity index (χ3v) is 3.18. The van der Waals surface area contributed by atoms with Gasteiger partial charge < -0.3 is 4.74 Å². The first-order valence-electron chi connectivity index (χ1n) is 5.64. The molecule has 19 heavy (non-hydrogen) atoms. The Bertz CT molecular complexity index is 575. The normalized spacial score (nSPS) is 16.1. The van der Waals surface area contributed by atoms with E-state index in [0.29, 0.717) is 11.6 Å². The zero-order valence-electron chi connectivity index (χ0n) is 10.2. The minimum Gasteiger partial charge on any atom is -0.461 e. The summed E-state index contributed by atoms with van der Waals surface area (Å²) in [6.07, 6.45) is 1.35. The van der Waals surface area contributed by atoms with E-state index in [9.17, 15) is 4.79 Å². The van der Waals surface area contributed by atoms with Crippen LogP contribution in [0.3, 0.4) is 0 Å². The SMILES string of the molecule is CCOC(=O)C1=NN(c2ccccc2)/C(=C\C#N)S1. The van der Waals surface area contributed by atoms with E-state index < -0.39 is 5.97 Å². The topological polar surface area (TPSA) is 65.7 Å². The number of ether oxygens (including phenoxy) is 1. The van der Waals surface area contributed by atoms with Crippen molar-refractivity contribution >= 4 is 28.5 Å². The van der Waals surface area contributed by atoms with Gasteiger partial charge in [0, 0.05) is 6.08 Å². The van der Waals surface area contributed by atoms with E-state index in [1.807, 2.05) is 36.4 Å². The number of nitriles is 1. The number of hydrazone groups is 1. The Morgan fingerprint density at radius 3 is 2.89 bits per heavy atom. The van der Waals surface area contributed by atoms with Crippen molar-refractivity contribution in [1.82, 2.24) is 0 Å². The van der Waals surface area contributed by atoms with Gasteiger partial charge in [0.05, 0.1) is 18.4 Å². The van der Waals surface area contributed by atoms with Gasteiger partial charge in [0.2, 0.25) is 5.04 Å². The van der Waals surface area contributed by atoms with Crippen LogP contribution in [0, 0.1) is 11.3 Å². The lowest BCUT2D eigenvalue weighted by atomic mass is 10.3. The monoisotopic (exact) mass is 273 g/mol. The molecule has 0 atom stereocenters. The van der Waals surface area contributed by atoms with Crippen molar-refractivity contribution in [3.63, 3.8) is 0 Å². The second-order valence-corrected chi connectivity index (χ2v) is 4.50. The summed E-state index contributed by atoms with van der Waals surface area (Å²) >= 11 is 1.13. The Morgan fingerprint density at radius 2 is 2.26 bits per heavy atom. The summed E-state index contributed by atoms with van der Waals surface area (Å²) in [6.45, 7) is 2.03. The molecule has 0 unspecified atom stereocenters. The highest BCUT2D eigenvalue weighted by atomic mass is 32.2. The van der Waals surface area contributed by atoms with Crippen LogP contribution in [0.25, 0.3) is 0 Å². The molecule has 1 heterocycles. The molecule has 6 heteroatoms. The fraction of sp³-hybridized carbons (Fsp3) is 0.154. The molecule has 0 amide bonds. The Hall–Kier alpha value is -2.26. The minimum absolute atomic E-state index is 0.229. The minimum atomic E-state index is -0.477. The predicted molar refractivity (Wildman–Crippen MR) is 74.3 cm³/mol. The van der Waals surface area contributed by atoms with Crippen LogP contribution in [-0.2, 0) is 9.53 Å². The molecule has 0 aliphatic carbocycles. The third kappa shape index (κ3) is 2.95. The molecule has 2 rings (SSSR count). The summed E-state index contributed by atoms with van der Waals surface area (Å²) in [7, 11) is 0. The van der Waals surface area contributed by atoms with Gasteiger partial charge in [-0.25, -0.2) is 9.80 Å². The van der Waals surface area contributed by atoms with Gasteiger partial charge in [-0.05, 0) is 30.8 Å². The van der Waals surface area contributed by atoms with E-state index in [1.165, 1.54) is 6.08 Å². The van der Waals surface area contributed by atoms with Crippen LogP contribution in [-0.4, -0.2) is 17.6 Å². The first-order chi connectivity index (χ1) is 9.26. The lowest BCUT2D eigenvalue weighted by molar-refractivity contribution is -0.134. The van der Waals surface area contributed by atoms with Gasteiger partial charge in [-0.3, -0.25) is 0 Å². The summed E-state index contributed by atoms with van der Waals surface area (Å²) in [5.74, 6) is -0.477. The number of hydrogen-bond acceptors (Lipinski definition) is 6. The highest BCUT2D eigenvalue weighted by molar-refractivity contribution is 8.19. The van der Waals surface area contributed by atoms with Gasteiger partial charge in [0.15, 0.2) is 0 Å². The number of thioether (sulfide) groups is 1.